The van der Waals surface area contributed by atoms with Crippen LogP contribution in [0.1, 0.15) is 24.8 Å². The molecule has 1 aromatic rings. The lowest BCUT2D eigenvalue weighted by molar-refractivity contribution is 0.462. The standard InChI is InChI=1S/C10H13BrO/c1-8(6-7-11)9-4-2-3-5-10(9)12/h2-5,8,12H,6-7H2,1H3. The summed E-state index contributed by atoms with van der Waals surface area (Å²) < 4.78 is 0. The van der Waals surface area contributed by atoms with E-state index in [1.54, 1.807) is 6.07 Å². The van der Waals surface area contributed by atoms with Gasteiger partial charge in [0.15, 0.2) is 0 Å². The average molecular weight is 229 g/mol. The second-order valence-corrected chi connectivity index (χ2v) is 3.73. The van der Waals surface area contributed by atoms with Gasteiger partial charge >= 0.3 is 0 Å². The first kappa shape index (κ1) is 9.59. The van der Waals surface area contributed by atoms with Crippen LogP contribution in [0.15, 0.2) is 24.3 Å². The number of phenols is 1. The lowest BCUT2D eigenvalue weighted by Crippen LogP contribution is -1.94. The SMILES string of the molecule is CC(CCBr)c1ccccc1O. The van der Waals surface area contributed by atoms with Crippen molar-refractivity contribution in [3.05, 3.63) is 29.8 Å². The van der Waals surface area contributed by atoms with E-state index in [4.69, 9.17) is 0 Å². The molecule has 1 unspecified atom stereocenters. The van der Waals surface area contributed by atoms with Crippen LogP contribution in [0.5, 0.6) is 5.75 Å². The Labute approximate surface area is 81.6 Å². The van der Waals surface area contributed by atoms with Crippen molar-refractivity contribution in [3.8, 4) is 5.75 Å². The zero-order valence-corrected chi connectivity index (χ0v) is 8.71. The molecule has 1 nitrogen and oxygen atoms in total. The summed E-state index contributed by atoms with van der Waals surface area (Å²) in [5, 5.41) is 10.5. The molecule has 0 saturated heterocycles. The van der Waals surface area contributed by atoms with Gasteiger partial charge in [-0.05, 0) is 24.0 Å². The molecule has 0 aliphatic carbocycles. The lowest BCUT2D eigenvalue weighted by atomic mass is 9.98. The second-order valence-electron chi connectivity index (χ2n) is 2.94. The molecule has 0 heterocycles. The number of alkyl halides is 1. The van der Waals surface area contributed by atoms with Gasteiger partial charge in [-0.25, -0.2) is 0 Å². The maximum Gasteiger partial charge on any atom is 0.119 e. The van der Waals surface area contributed by atoms with Gasteiger partial charge in [-0.3, -0.25) is 0 Å². The highest BCUT2D eigenvalue weighted by Crippen LogP contribution is 2.27. The molecule has 0 saturated carbocycles. The van der Waals surface area contributed by atoms with E-state index in [0.29, 0.717) is 11.7 Å². The van der Waals surface area contributed by atoms with E-state index in [-0.39, 0.29) is 0 Å². The number of phenolic OH excluding ortho intramolecular Hbond substituents is 1. The molecule has 2 heteroatoms. The minimum atomic E-state index is 0.408. The first-order valence-electron chi connectivity index (χ1n) is 4.09. The lowest BCUT2D eigenvalue weighted by Gasteiger charge is -2.11. The monoisotopic (exact) mass is 228 g/mol. The maximum atomic E-state index is 9.49. The van der Waals surface area contributed by atoms with E-state index in [9.17, 15) is 5.11 Å². The minimum Gasteiger partial charge on any atom is -0.508 e. The summed E-state index contributed by atoms with van der Waals surface area (Å²) in [6.07, 6.45) is 1.05. The van der Waals surface area contributed by atoms with Gasteiger partial charge in [-0.15, -0.1) is 0 Å². The van der Waals surface area contributed by atoms with Gasteiger partial charge in [0.1, 0.15) is 5.75 Å². The number of rotatable bonds is 3. The molecular formula is C10H13BrO. The van der Waals surface area contributed by atoms with Gasteiger partial charge < -0.3 is 5.11 Å². The van der Waals surface area contributed by atoms with E-state index in [0.717, 1.165) is 17.3 Å². The Morgan fingerprint density at radius 2 is 2.08 bits per heavy atom. The summed E-state index contributed by atoms with van der Waals surface area (Å²) in [6.45, 7) is 2.12. The van der Waals surface area contributed by atoms with Crippen LogP contribution in [0, 0.1) is 0 Å². The molecule has 0 aromatic heterocycles. The fourth-order valence-electron chi connectivity index (χ4n) is 1.22. The molecule has 66 valence electrons. The predicted molar refractivity (Wildman–Crippen MR) is 54.9 cm³/mol. The summed E-state index contributed by atoms with van der Waals surface area (Å²) in [5.74, 6) is 0.830. The molecule has 0 aliphatic heterocycles. The number of para-hydroxylation sites is 1. The topological polar surface area (TPSA) is 20.2 Å². The van der Waals surface area contributed by atoms with Crippen LogP contribution in [0.25, 0.3) is 0 Å². The molecule has 12 heavy (non-hydrogen) atoms. The fraction of sp³-hybridized carbons (Fsp3) is 0.400. The predicted octanol–water partition coefficient (Wildman–Crippen LogP) is 3.28. The van der Waals surface area contributed by atoms with Gasteiger partial charge in [-0.1, -0.05) is 41.1 Å². The van der Waals surface area contributed by atoms with Crippen LogP contribution in [-0.2, 0) is 0 Å². The highest BCUT2D eigenvalue weighted by molar-refractivity contribution is 9.09. The Bertz CT molecular complexity index is 247. The van der Waals surface area contributed by atoms with Crippen LogP contribution in [0.3, 0.4) is 0 Å². The van der Waals surface area contributed by atoms with Crippen molar-refractivity contribution < 1.29 is 5.11 Å². The van der Waals surface area contributed by atoms with Gasteiger partial charge in [-0.2, -0.15) is 0 Å². The van der Waals surface area contributed by atoms with Gasteiger partial charge in [0.25, 0.3) is 0 Å². The first-order valence-corrected chi connectivity index (χ1v) is 5.21. The zero-order chi connectivity index (χ0) is 8.97. The third kappa shape index (κ3) is 2.24. The maximum absolute atomic E-state index is 9.49. The van der Waals surface area contributed by atoms with Crippen molar-refractivity contribution in [2.45, 2.75) is 19.3 Å². The largest absolute Gasteiger partial charge is 0.508 e. The van der Waals surface area contributed by atoms with E-state index in [1.165, 1.54) is 0 Å². The number of benzene rings is 1. The van der Waals surface area contributed by atoms with E-state index < -0.39 is 0 Å². The molecule has 1 rings (SSSR count). The van der Waals surface area contributed by atoms with Crippen molar-refractivity contribution in [3.63, 3.8) is 0 Å². The molecule has 0 aliphatic rings. The normalized spacial score (nSPS) is 12.8. The summed E-state index contributed by atoms with van der Waals surface area (Å²) in [5.41, 5.74) is 1.04. The smallest absolute Gasteiger partial charge is 0.119 e. The fourth-order valence-corrected chi connectivity index (χ4v) is 1.91. The Morgan fingerprint density at radius 1 is 1.42 bits per heavy atom. The highest BCUT2D eigenvalue weighted by atomic mass is 79.9. The Kier molecular flexibility index (Phi) is 3.60. The van der Waals surface area contributed by atoms with Crippen LogP contribution < -0.4 is 0 Å². The van der Waals surface area contributed by atoms with Crippen LogP contribution >= 0.6 is 15.9 Å². The quantitative estimate of drug-likeness (QED) is 0.788. The van der Waals surface area contributed by atoms with Crippen LogP contribution in [-0.4, -0.2) is 10.4 Å². The minimum absolute atomic E-state index is 0.408. The van der Waals surface area contributed by atoms with Gasteiger partial charge in [0.2, 0.25) is 0 Å². The summed E-state index contributed by atoms with van der Waals surface area (Å²) in [4.78, 5) is 0. The van der Waals surface area contributed by atoms with E-state index in [2.05, 4.69) is 22.9 Å². The number of aromatic hydroxyl groups is 1. The highest BCUT2D eigenvalue weighted by Gasteiger charge is 2.07. The first-order chi connectivity index (χ1) is 5.75. The molecule has 0 amide bonds. The molecule has 0 spiro atoms. The number of hydrogen-bond donors (Lipinski definition) is 1. The molecule has 0 bridgehead atoms. The average Bonchev–Trinajstić information content (AvgIpc) is 2.05. The summed E-state index contributed by atoms with van der Waals surface area (Å²) in [6, 6.07) is 7.52. The molecule has 0 fully saturated rings. The van der Waals surface area contributed by atoms with Gasteiger partial charge in [0, 0.05) is 5.33 Å². The molecule has 1 atom stereocenters. The van der Waals surface area contributed by atoms with Crippen LogP contribution in [0.2, 0.25) is 0 Å². The number of hydrogen-bond acceptors (Lipinski definition) is 1. The number of halogens is 1. The zero-order valence-electron chi connectivity index (χ0n) is 7.13. The summed E-state index contributed by atoms with van der Waals surface area (Å²) in [7, 11) is 0. The van der Waals surface area contributed by atoms with Crippen molar-refractivity contribution in [1.29, 1.82) is 0 Å². The third-order valence-corrected chi connectivity index (χ3v) is 2.47. The van der Waals surface area contributed by atoms with Crippen molar-refractivity contribution in [1.82, 2.24) is 0 Å². The van der Waals surface area contributed by atoms with Crippen molar-refractivity contribution in [2.75, 3.05) is 5.33 Å². The van der Waals surface area contributed by atoms with Gasteiger partial charge in [0.05, 0.1) is 0 Å². The Hall–Kier alpha value is -0.500. The molecule has 1 aromatic carbocycles. The molecular weight excluding hydrogens is 216 g/mol. The second kappa shape index (κ2) is 4.51. The molecule has 1 N–H and O–H groups in total. The summed E-state index contributed by atoms with van der Waals surface area (Å²) >= 11 is 3.39. The van der Waals surface area contributed by atoms with Crippen molar-refractivity contribution in [2.24, 2.45) is 0 Å². The third-order valence-electron chi connectivity index (χ3n) is 2.01. The van der Waals surface area contributed by atoms with Crippen LogP contribution in [0.4, 0.5) is 0 Å². The van der Waals surface area contributed by atoms with E-state index >= 15 is 0 Å². The van der Waals surface area contributed by atoms with E-state index in [1.807, 2.05) is 18.2 Å². The Morgan fingerprint density at radius 3 is 2.67 bits per heavy atom. The molecule has 0 radical (unpaired) electrons. The van der Waals surface area contributed by atoms with Crippen molar-refractivity contribution >= 4 is 15.9 Å². The Balaban J connectivity index is 2.79.